The fourth-order valence-corrected chi connectivity index (χ4v) is 5.69. The van der Waals surface area contributed by atoms with E-state index < -0.39 is 72.3 Å². The number of aliphatic hydroxyl groups is 2. The summed E-state index contributed by atoms with van der Waals surface area (Å²) in [6, 6.07) is 0. The number of aliphatic hydroxyl groups excluding tert-OH is 2. The zero-order valence-corrected chi connectivity index (χ0v) is 18.1. The van der Waals surface area contributed by atoms with Crippen LogP contribution in [0, 0.1) is 12.8 Å². The Labute approximate surface area is 172 Å². The minimum atomic E-state index is -5.73. The van der Waals surface area contributed by atoms with Crippen molar-refractivity contribution in [2.45, 2.75) is 25.4 Å². The lowest BCUT2D eigenvalue weighted by molar-refractivity contribution is -0.0532. The summed E-state index contributed by atoms with van der Waals surface area (Å²) in [5.74, 6) is -1.18. The highest BCUT2D eigenvalue weighted by Crippen LogP contribution is 2.66. The van der Waals surface area contributed by atoms with Crippen LogP contribution in [0.2, 0.25) is 0 Å². The molecule has 1 saturated heterocycles. The Balaban J connectivity index is 2.15. The van der Waals surface area contributed by atoms with E-state index in [0.717, 1.165) is 10.8 Å². The third kappa shape index (κ3) is 6.97. The van der Waals surface area contributed by atoms with Gasteiger partial charge in [0.15, 0.2) is 6.23 Å². The topological polar surface area (TPSA) is 264 Å². The molecule has 0 aromatic carbocycles. The summed E-state index contributed by atoms with van der Waals surface area (Å²) in [6.45, 7) is -0.328. The summed E-state index contributed by atoms with van der Waals surface area (Å²) in [5.41, 5.74) is -1.55. The fourth-order valence-electron chi connectivity index (χ4n) is 2.66. The quantitative estimate of drug-likeness (QED) is 0.177. The van der Waals surface area contributed by atoms with Gasteiger partial charge in [-0.15, -0.1) is 0 Å². The van der Waals surface area contributed by atoms with Gasteiger partial charge in [-0.05, 0) is 6.92 Å². The number of aryl methyl sites for hydroxylation is 1. The molecule has 31 heavy (non-hydrogen) atoms. The number of rotatable bonds is 9. The SMILES string of the molecule is Cc1cn([C@@H]2O[C@H](COP(=O)(O)OP(=O)(O)OP(=O)(O)O)[C@@H](CO)[C@H]2O)c(=O)[nH]c1=O. The zero-order valence-electron chi connectivity index (χ0n) is 15.4. The van der Waals surface area contributed by atoms with Gasteiger partial charge in [0.1, 0.15) is 6.10 Å². The minimum absolute atomic E-state index is 0.0904. The maximum atomic E-state index is 12.0. The van der Waals surface area contributed by atoms with Crippen LogP contribution < -0.4 is 11.2 Å². The van der Waals surface area contributed by atoms with Crippen LogP contribution in [0.3, 0.4) is 0 Å². The van der Waals surface area contributed by atoms with Crippen molar-refractivity contribution in [2.24, 2.45) is 5.92 Å². The molecule has 0 saturated carbocycles. The number of aromatic nitrogens is 2. The third-order valence-electron chi connectivity index (χ3n) is 3.97. The van der Waals surface area contributed by atoms with Crippen LogP contribution in [0.25, 0.3) is 0 Å². The van der Waals surface area contributed by atoms with Crippen molar-refractivity contribution in [1.29, 1.82) is 0 Å². The smallest absolute Gasteiger partial charge is 0.396 e. The standard InChI is InChI=1S/C11H19N2O15P3/c1-5-2-13(11(17)12-9(5)16)10-8(15)6(3-14)7(26-10)4-25-30(21,22)28-31(23,24)27-29(18,19)20/h2,6-8,10,14-15H,3-4H2,1H3,(H,21,22)(H,23,24)(H,12,16,17)(H2,18,19,20)/t6-,7-,8-,10-/m1/s1. The predicted molar refractivity (Wildman–Crippen MR) is 96.4 cm³/mol. The van der Waals surface area contributed by atoms with E-state index in [1.54, 1.807) is 0 Å². The Kier molecular flexibility index (Phi) is 7.99. The van der Waals surface area contributed by atoms with Crippen molar-refractivity contribution >= 4 is 23.5 Å². The molecule has 0 aliphatic carbocycles. The lowest BCUT2D eigenvalue weighted by Crippen LogP contribution is -2.37. The summed E-state index contributed by atoms with van der Waals surface area (Å²) in [7, 11) is -16.8. The van der Waals surface area contributed by atoms with Crippen LogP contribution in [-0.4, -0.2) is 64.8 Å². The molecule has 7 N–H and O–H groups in total. The second-order valence-corrected chi connectivity index (χ2v) is 10.7. The van der Waals surface area contributed by atoms with E-state index >= 15 is 0 Å². The van der Waals surface area contributed by atoms with Gasteiger partial charge in [0, 0.05) is 17.7 Å². The molecule has 1 aliphatic rings. The van der Waals surface area contributed by atoms with Gasteiger partial charge in [0.2, 0.25) is 0 Å². The van der Waals surface area contributed by atoms with Gasteiger partial charge >= 0.3 is 29.2 Å². The summed E-state index contributed by atoms with van der Waals surface area (Å²) in [6.07, 6.45) is -3.29. The first kappa shape index (κ1) is 26.2. The molecule has 17 nitrogen and oxygen atoms in total. The number of phosphoric ester groups is 1. The van der Waals surface area contributed by atoms with Crippen molar-refractivity contribution < 1.29 is 61.4 Å². The first-order valence-electron chi connectivity index (χ1n) is 8.10. The highest BCUT2D eigenvalue weighted by molar-refractivity contribution is 7.66. The highest BCUT2D eigenvalue weighted by atomic mass is 31.3. The zero-order chi connectivity index (χ0) is 23.8. The van der Waals surface area contributed by atoms with Gasteiger partial charge in [-0.3, -0.25) is 18.9 Å². The van der Waals surface area contributed by atoms with Gasteiger partial charge in [0.05, 0.1) is 19.3 Å². The minimum Gasteiger partial charge on any atom is -0.396 e. The number of H-pyrrole nitrogens is 1. The number of aromatic amines is 1. The third-order valence-corrected chi connectivity index (χ3v) is 7.77. The Bertz CT molecular complexity index is 1060. The number of nitrogens with one attached hydrogen (secondary N) is 1. The molecule has 1 aliphatic heterocycles. The van der Waals surface area contributed by atoms with Gasteiger partial charge in [-0.25, -0.2) is 18.5 Å². The molecule has 0 radical (unpaired) electrons. The van der Waals surface area contributed by atoms with Crippen LogP contribution in [0.5, 0.6) is 0 Å². The first-order chi connectivity index (χ1) is 14.1. The summed E-state index contributed by atoms with van der Waals surface area (Å²) in [4.78, 5) is 61.0. The lowest BCUT2D eigenvalue weighted by atomic mass is 9.99. The molecule has 2 unspecified atom stereocenters. The van der Waals surface area contributed by atoms with Crippen molar-refractivity contribution in [3.05, 3.63) is 32.6 Å². The molecule has 178 valence electrons. The van der Waals surface area contributed by atoms with Crippen molar-refractivity contribution in [3.8, 4) is 0 Å². The van der Waals surface area contributed by atoms with Crippen LogP contribution in [0.15, 0.2) is 15.8 Å². The van der Waals surface area contributed by atoms with E-state index in [1.165, 1.54) is 6.92 Å². The second-order valence-electron chi connectivity index (χ2n) is 6.27. The molecule has 1 aromatic heterocycles. The van der Waals surface area contributed by atoms with Crippen LogP contribution in [0.4, 0.5) is 0 Å². The predicted octanol–water partition coefficient (Wildman–Crippen LogP) is -1.94. The monoisotopic (exact) mass is 512 g/mol. The number of nitrogens with zero attached hydrogens (tertiary/aromatic N) is 1. The summed E-state index contributed by atoms with van der Waals surface area (Å²) >= 11 is 0. The van der Waals surface area contributed by atoms with Gasteiger partial charge in [-0.1, -0.05) is 0 Å². The molecule has 1 aromatic rings. The largest absolute Gasteiger partial charge is 0.490 e. The Hall–Kier alpha value is -1.03. The molecule has 6 atom stereocenters. The molecule has 20 heteroatoms. The van der Waals surface area contributed by atoms with Gasteiger partial charge in [-0.2, -0.15) is 8.62 Å². The lowest BCUT2D eigenvalue weighted by Gasteiger charge is -2.20. The van der Waals surface area contributed by atoms with Crippen LogP contribution >= 0.6 is 23.5 Å². The fraction of sp³-hybridized carbons (Fsp3) is 0.636. The number of hydrogen-bond donors (Lipinski definition) is 7. The Morgan fingerprint density at radius 2 is 1.74 bits per heavy atom. The normalized spacial score (nSPS) is 28.2. The van der Waals surface area contributed by atoms with E-state index in [9.17, 15) is 38.4 Å². The van der Waals surface area contributed by atoms with E-state index in [4.69, 9.17) is 19.4 Å². The van der Waals surface area contributed by atoms with E-state index in [1.807, 2.05) is 4.98 Å². The van der Waals surface area contributed by atoms with Crippen LogP contribution in [-0.2, 0) is 31.6 Å². The highest BCUT2D eigenvalue weighted by Gasteiger charge is 2.47. The molecule has 0 amide bonds. The molecule has 2 heterocycles. The Morgan fingerprint density at radius 1 is 1.13 bits per heavy atom. The Morgan fingerprint density at radius 3 is 2.29 bits per heavy atom. The van der Waals surface area contributed by atoms with Gasteiger partial charge < -0.3 is 34.5 Å². The molecule has 0 bridgehead atoms. The van der Waals surface area contributed by atoms with Crippen molar-refractivity contribution in [2.75, 3.05) is 13.2 Å². The second kappa shape index (κ2) is 9.45. The van der Waals surface area contributed by atoms with Crippen molar-refractivity contribution in [3.63, 3.8) is 0 Å². The van der Waals surface area contributed by atoms with Crippen molar-refractivity contribution in [1.82, 2.24) is 9.55 Å². The maximum absolute atomic E-state index is 12.0. The van der Waals surface area contributed by atoms with E-state index in [-0.39, 0.29) is 5.56 Å². The molecular formula is C11H19N2O15P3. The number of hydrogen-bond acceptors (Lipinski definition) is 11. The average Bonchev–Trinajstić information content (AvgIpc) is 2.88. The summed E-state index contributed by atoms with van der Waals surface area (Å²) < 4.78 is 51.5. The number of phosphoric acid groups is 3. The summed E-state index contributed by atoms with van der Waals surface area (Å²) in [5, 5.41) is 19.8. The molecule has 0 spiro atoms. The maximum Gasteiger partial charge on any atom is 0.490 e. The van der Waals surface area contributed by atoms with Crippen LogP contribution in [0.1, 0.15) is 11.8 Å². The first-order valence-corrected chi connectivity index (χ1v) is 12.6. The van der Waals surface area contributed by atoms with Gasteiger partial charge in [0.25, 0.3) is 5.56 Å². The molecular weight excluding hydrogens is 493 g/mol. The average molecular weight is 512 g/mol. The molecule has 1 fully saturated rings. The van der Waals surface area contributed by atoms with E-state index in [2.05, 4.69) is 13.1 Å². The molecule has 2 rings (SSSR count). The van der Waals surface area contributed by atoms with E-state index in [0.29, 0.717) is 0 Å². The number of ether oxygens (including phenoxy) is 1.